The first kappa shape index (κ1) is 12.6. The third-order valence-electron chi connectivity index (χ3n) is 2.29. The third-order valence-corrected chi connectivity index (χ3v) is 3.34. The number of hydrogen-bond acceptors (Lipinski definition) is 3. The average molecular weight is 265 g/mol. The molecule has 0 saturated carbocycles. The summed E-state index contributed by atoms with van der Waals surface area (Å²) < 4.78 is 13.3. The minimum atomic E-state index is -0.312. The minimum absolute atomic E-state index is 0.152. The molecule has 0 aliphatic carbocycles. The Balaban J connectivity index is 1.90. The Labute approximate surface area is 108 Å². The molecule has 18 heavy (non-hydrogen) atoms. The van der Waals surface area contributed by atoms with Crippen molar-refractivity contribution < 1.29 is 9.18 Å². The Morgan fingerprint density at radius 1 is 1.50 bits per heavy atom. The van der Waals surface area contributed by atoms with Crippen molar-refractivity contribution in [1.29, 1.82) is 0 Å². The summed E-state index contributed by atoms with van der Waals surface area (Å²) >= 11 is 1.16. The number of aromatic nitrogens is 2. The van der Waals surface area contributed by atoms with Gasteiger partial charge in [-0.1, -0.05) is 12.1 Å². The van der Waals surface area contributed by atoms with Gasteiger partial charge in [-0.2, -0.15) is 5.10 Å². The molecule has 1 amide bonds. The Morgan fingerprint density at radius 2 is 2.28 bits per heavy atom. The first-order valence-corrected chi connectivity index (χ1v) is 6.32. The van der Waals surface area contributed by atoms with Crippen molar-refractivity contribution in [3.05, 3.63) is 41.8 Å². The number of nitrogens with zero attached hydrogens (tertiary/aromatic N) is 1. The van der Waals surface area contributed by atoms with Crippen molar-refractivity contribution in [1.82, 2.24) is 10.2 Å². The molecule has 1 aromatic carbocycles. The zero-order chi connectivity index (χ0) is 13.0. The number of amides is 1. The van der Waals surface area contributed by atoms with E-state index in [9.17, 15) is 9.18 Å². The quantitative estimate of drug-likeness (QED) is 0.835. The Kier molecular flexibility index (Phi) is 3.99. The van der Waals surface area contributed by atoms with Crippen LogP contribution in [0.25, 0.3) is 0 Å². The third kappa shape index (κ3) is 3.10. The number of H-pyrrole nitrogens is 1. The number of hydrogen-bond donors (Lipinski definition) is 2. The fourth-order valence-corrected chi connectivity index (χ4v) is 2.09. The highest BCUT2D eigenvalue weighted by atomic mass is 32.2. The van der Waals surface area contributed by atoms with E-state index in [1.807, 2.05) is 6.92 Å². The van der Waals surface area contributed by atoms with Gasteiger partial charge in [0.25, 0.3) is 0 Å². The number of nitrogens with one attached hydrogen (secondary N) is 2. The highest BCUT2D eigenvalue weighted by molar-refractivity contribution is 8.00. The van der Waals surface area contributed by atoms with Crippen LogP contribution in [0, 0.1) is 12.7 Å². The summed E-state index contributed by atoms with van der Waals surface area (Å²) in [6, 6.07) is 6.38. The van der Waals surface area contributed by atoms with Gasteiger partial charge >= 0.3 is 0 Å². The van der Waals surface area contributed by atoms with Crippen LogP contribution in [0.3, 0.4) is 0 Å². The SMILES string of the molecule is Cc1cn[nH]c1NC(=O)CSc1ccccc1F. The largest absolute Gasteiger partial charge is 0.310 e. The molecule has 0 radical (unpaired) electrons. The molecule has 2 N–H and O–H groups in total. The van der Waals surface area contributed by atoms with E-state index in [1.54, 1.807) is 24.4 Å². The number of rotatable bonds is 4. The maximum atomic E-state index is 13.3. The van der Waals surface area contributed by atoms with Crippen LogP contribution in [-0.2, 0) is 4.79 Å². The smallest absolute Gasteiger partial charge is 0.235 e. The summed E-state index contributed by atoms with van der Waals surface area (Å²) in [6.07, 6.45) is 1.62. The monoisotopic (exact) mass is 265 g/mol. The molecule has 0 unspecified atom stereocenters. The molecule has 4 nitrogen and oxygen atoms in total. The molecule has 0 aliphatic rings. The molecule has 94 valence electrons. The summed E-state index contributed by atoms with van der Waals surface area (Å²) in [5, 5.41) is 9.16. The Morgan fingerprint density at radius 3 is 2.94 bits per heavy atom. The summed E-state index contributed by atoms with van der Waals surface area (Å²) in [4.78, 5) is 12.1. The van der Waals surface area contributed by atoms with E-state index in [0.29, 0.717) is 10.7 Å². The van der Waals surface area contributed by atoms with Crippen molar-refractivity contribution in [2.24, 2.45) is 0 Å². The van der Waals surface area contributed by atoms with Crippen molar-refractivity contribution in [3.63, 3.8) is 0 Å². The highest BCUT2D eigenvalue weighted by Crippen LogP contribution is 2.21. The molecule has 0 spiro atoms. The van der Waals surface area contributed by atoms with Crippen molar-refractivity contribution >= 4 is 23.5 Å². The van der Waals surface area contributed by atoms with E-state index >= 15 is 0 Å². The fourth-order valence-electron chi connectivity index (χ4n) is 1.35. The topological polar surface area (TPSA) is 57.8 Å². The molecule has 0 aliphatic heterocycles. The van der Waals surface area contributed by atoms with Gasteiger partial charge in [-0.05, 0) is 19.1 Å². The second kappa shape index (κ2) is 5.68. The maximum absolute atomic E-state index is 13.3. The predicted molar refractivity (Wildman–Crippen MR) is 69.1 cm³/mol. The van der Waals surface area contributed by atoms with E-state index in [2.05, 4.69) is 15.5 Å². The van der Waals surface area contributed by atoms with Gasteiger partial charge in [0.2, 0.25) is 5.91 Å². The molecular formula is C12H12FN3OS. The molecule has 0 saturated heterocycles. The van der Waals surface area contributed by atoms with Gasteiger partial charge in [-0.3, -0.25) is 9.89 Å². The lowest BCUT2D eigenvalue weighted by Crippen LogP contribution is -2.15. The fraction of sp³-hybridized carbons (Fsp3) is 0.167. The summed E-state index contributed by atoms with van der Waals surface area (Å²) in [6.45, 7) is 1.84. The van der Waals surface area contributed by atoms with Crippen LogP contribution in [0.2, 0.25) is 0 Å². The van der Waals surface area contributed by atoms with Gasteiger partial charge in [-0.15, -0.1) is 11.8 Å². The van der Waals surface area contributed by atoms with Crippen LogP contribution in [0.5, 0.6) is 0 Å². The van der Waals surface area contributed by atoms with Gasteiger partial charge in [0.05, 0.1) is 11.9 Å². The summed E-state index contributed by atoms with van der Waals surface area (Å²) in [5.74, 6) is 0.220. The molecule has 2 aromatic rings. The lowest BCUT2D eigenvalue weighted by molar-refractivity contribution is -0.113. The number of halogens is 1. The van der Waals surface area contributed by atoms with Gasteiger partial charge in [0, 0.05) is 10.5 Å². The molecule has 6 heteroatoms. The number of thioether (sulfide) groups is 1. The van der Waals surface area contributed by atoms with Crippen molar-refractivity contribution in [3.8, 4) is 0 Å². The van der Waals surface area contributed by atoms with E-state index in [0.717, 1.165) is 17.3 Å². The van der Waals surface area contributed by atoms with Gasteiger partial charge in [0.15, 0.2) is 0 Å². The van der Waals surface area contributed by atoms with Crippen LogP contribution in [0.4, 0.5) is 10.2 Å². The van der Waals surface area contributed by atoms with Gasteiger partial charge < -0.3 is 5.32 Å². The molecule has 1 heterocycles. The van der Waals surface area contributed by atoms with E-state index in [1.165, 1.54) is 6.07 Å². The first-order chi connectivity index (χ1) is 8.66. The molecule has 2 rings (SSSR count). The molecule has 0 bridgehead atoms. The number of carbonyl (C=O) groups is 1. The predicted octanol–water partition coefficient (Wildman–Crippen LogP) is 2.59. The van der Waals surface area contributed by atoms with Crippen molar-refractivity contribution in [2.75, 3.05) is 11.1 Å². The Hall–Kier alpha value is -1.82. The second-order valence-electron chi connectivity index (χ2n) is 3.70. The highest BCUT2D eigenvalue weighted by Gasteiger charge is 2.08. The van der Waals surface area contributed by atoms with E-state index in [4.69, 9.17) is 0 Å². The van der Waals surface area contributed by atoms with Gasteiger partial charge in [-0.25, -0.2) is 4.39 Å². The number of aryl methyl sites for hydroxylation is 1. The molecule has 1 aromatic heterocycles. The van der Waals surface area contributed by atoms with E-state index < -0.39 is 0 Å². The lowest BCUT2D eigenvalue weighted by Gasteiger charge is -2.04. The number of aromatic amines is 1. The van der Waals surface area contributed by atoms with Crippen LogP contribution in [-0.4, -0.2) is 21.9 Å². The summed E-state index contributed by atoms with van der Waals surface area (Å²) in [5.41, 5.74) is 0.860. The van der Waals surface area contributed by atoms with Gasteiger partial charge in [0.1, 0.15) is 11.6 Å². The zero-order valence-corrected chi connectivity index (χ0v) is 10.6. The van der Waals surface area contributed by atoms with Crippen LogP contribution in [0.15, 0.2) is 35.4 Å². The Bertz CT molecular complexity index is 556. The van der Waals surface area contributed by atoms with Crippen LogP contribution in [0.1, 0.15) is 5.56 Å². The number of anilines is 1. The lowest BCUT2D eigenvalue weighted by atomic mass is 10.3. The molecule has 0 atom stereocenters. The molecular weight excluding hydrogens is 253 g/mol. The zero-order valence-electron chi connectivity index (χ0n) is 9.74. The van der Waals surface area contributed by atoms with Crippen LogP contribution < -0.4 is 5.32 Å². The van der Waals surface area contributed by atoms with E-state index in [-0.39, 0.29) is 17.5 Å². The normalized spacial score (nSPS) is 10.3. The number of carbonyl (C=O) groups excluding carboxylic acids is 1. The second-order valence-corrected chi connectivity index (χ2v) is 4.71. The average Bonchev–Trinajstić information content (AvgIpc) is 2.74. The van der Waals surface area contributed by atoms with Crippen LogP contribution >= 0.6 is 11.8 Å². The first-order valence-electron chi connectivity index (χ1n) is 5.34. The van der Waals surface area contributed by atoms with Crippen molar-refractivity contribution in [2.45, 2.75) is 11.8 Å². The standard InChI is InChI=1S/C12H12FN3OS/c1-8-6-14-16-12(8)15-11(17)7-18-10-5-3-2-4-9(10)13/h2-6H,7H2,1H3,(H2,14,15,16,17). The molecule has 0 fully saturated rings. The minimum Gasteiger partial charge on any atom is -0.310 e. The maximum Gasteiger partial charge on any atom is 0.235 e. The summed E-state index contributed by atoms with van der Waals surface area (Å²) in [7, 11) is 0. The number of benzene rings is 1.